The highest BCUT2D eigenvalue weighted by atomic mass is 16.5. The van der Waals surface area contributed by atoms with Crippen molar-refractivity contribution in [3.63, 3.8) is 0 Å². The molecule has 1 atom stereocenters. The van der Waals surface area contributed by atoms with Crippen molar-refractivity contribution < 1.29 is 4.74 Å². The fourth-order valence-corrected chi connectivity index (χ4v) is 2.60. The minimum atomic E-state index is 0.507. The molecule has 2 heteroatoms. The van der Waals surface area contributed by atoms with Gasteiger partial charge in [-0.3, -0.25) is 0 Å². The van der Waals surface area contributed by atoms with E-state index in [4.69, 9.17) is 4.74 Å². The first-order valence-corrected chi connectivity index (χ1v) is 5.10. The zero-order valence-electron chi connectivity index (χ0n) is 7.94. The first-order valence-electron chi connectivity index (χ1n) is 5.10. The van der Waals surface area contributed by atoms with Gasteiger partial charge < -0.3 is 10.1 Å². The third-order valence-corrected chi connectivity index (χ3v) is 3.63. The summed E-state index contributed by atoms with van der Waals surface area (Å²) in [4.78, 5) is 0. The number of hydrogen-bond acceptors (Lipinski definition) is 2. The van der Waals surface area contributed by atoms with E-state index in [0.29, 0.717) is 5.41 Å². The maximum atomic E-state index is 5.53. The molecular weight excluding hydrogens is 150 g/mol. The maximum absolute atomic E-state index is 5.53. The molecule has 0 aromatic heterocycles. The molecule has 2 nitrogen and oxygen atoms in total. The molecule has 1 aliphatic heterocycles. The van der Waals surface area contributed by atoms with Crippen molar-refractivity contribution in [3.8, 4) is 0 Å². The van der Waals surface area contributed by atoms with Crippen LogP contribution in [0.1, 0.15) is 25.7 Å². The van der Waals surface area contributed by atoms with E-state index < -0.39 is 0 Å². The second-order valence-corrected chi connectivity index (χ2v) is 4.32. The second-order valence-electron chi connectivity index (χ2n) is 4.32. The second kappa shape index (κ2) is 3.35. The fourth-order valence-electron chi connectivity index (χ4n) is 2.60. The standard InChI is InChI=1S/C10H19NO/c1-11-7-10(5-6-12-8-10)9-3-2-4-9/h9,11H,2-8H2,1H3. The fraction of sp³-hybridized carbons (Fsp3) is 1.00. The third kappa shape index (κ3) is 1.27. The van der Waals surface area contributed by atoms with Crippen LogP contribution in [0.25, 0.3) is 0 Å². The zero-order chi connectivity index (χ0) is 8.44. The van der Waals surface area contributed by atoms with Crippen molar-refractivity contribution in [2.45, 2.75) is 25.7 Å². The number of nitrogens with one attached hydrogen (secondary N) is 1. The first kappa shape index (κ1) is 8.52. The van der Waals surface area contributed by atoms with Crippen molar-refractivity contribution >= 4 is 0 Å². The minimum absolute atomic E-state index is 0.507. The molecule has 1 aliphatic carbocycles. The molecule has 1 unspecified atom stereocenters. The molecule has 0 aromatic carbocycles. The highest BCUT2D eigenvalue weighted by molar-refractivity contribution is 4.94. The van der Waals surface area contributed by atoms with Crippen molar-refractivity contribution in [2.24, 2.45) is 11.3 Å². The van der Waals surface area contributed by atoms with Crippen LogP contribution in [-0.4, -0.2) is 26.8 Å². The SMILES string of the molecule is CNCC1(C2CCC2)CCOC1. The van der Waals surface area contributed by atoms with Gasteiger partial charge in [0.05, 0.1) is 6.61 Å². The van der Waals surface area contributed by atoms with Gasteiger partial charge in [0.2, 0.25) is 0 Å². The summed E-state index contributed by atoms with van der Waals surface area (Å²) in [5.74, 6) is 0.951. The average molecular weight is 169 g/mol. The Bertz CT molecular complexity index is 148. The van der Waals surface area contributed by atoms with E-state index in [1.807, 2.05) is 0 Å². The summed E-state index contributed by atoms with van der Waals surface area (Å²) in [5.41, 5.74) is 0.507. The summed E-state index contributed by atoms with van der Waals surface area (Å²) in [5, 5.41) is 3.32. The Hall–Kier alpha value is -0.0800. The summed E-state index contributed by atoms with van der Waals surface area (Å²) < 4.78 is 5.53. The Balaban J connectivity index is 1.99. The molecule has 0 radical (unpaired) electrons. The molecule has 1 saturated heterocycles. The molecule has 1 N–H and O–H groups in total. The zero-order valence-corrected chi connectivity index (χ0v) is 7.94. The summed E-state index contributed by atoms with van der Waals surface area (Å²) in [6.45, 7) is 3.13. The predicted octanol–water partition coefficient (Wildman–Crippen LogP) is 1.41. The topological polar surface area (TPSA) is 21.3 Å². The molecule has 1 heterocycles. The lowest BCUT2D eigenvalue weighted by molar-refractivity contribution is 0.0612. The third-order valence-electron chi connectivity index (χ3n) is 3.63. The molecule has 2 aliphatic rings. The van der Waals surface area contributed by atoms with Gasteiger partial charge in [-0.15, -0.1) is 0 Å². The van der Waals surface area contributed by atoms with Crippen LogP contribution < -0.4 is 5.32 Å². The van der Waals surface area contributed by atoms with Crippen LogP contribution in [0.5, 0.6) is 0 Å². The van der Waals surface area contributed by atoms with Crippen molar-refractivity contribution in [2.75, 3.05) is 26.8 Å². The highest BCUT2D eigenvalue weighted by Crippen LogP contribution is 2.46. The first-order chi connectivity index (χ1) is 5.87. The average Bonchev–Trinajstić information content (AvgIpc) is 2.34. The van der Waals surface area contributed by atoms with E-state index in [9.17, 15) is 0 Å². The van der Waals surface area contributed by atoms with E-state index in [1.165, 1.54) is 25.7 Å². The predicted molar refractivity (Wildman–Crippen MR) is 49.1 cm³/mol. The monoisotopic (exact) mass is 169 g/mol. The van der Waals surface area contributed by atoms with E-state index in [2.05, 4.69) is 12.4 Å². The van der Waals surface area contributed by atoms with Gasteiger partial charge in [-0.25, -0.2) is 0 Å². The Morgan fingerprint density at radius 2 is 2.33 bits per heavy atom. The van der Waals surface area contributed by atoms with Crippen molar-refractivity contribution in [1.82, 2.24) is 5.32 Å². The van der Waals surface area contributed by atoms with Gasteiger partial charge in [0.15, 0.2) is 0 Å². The van der Waals surface area contributed by atoms with E-state index >= 15 is 0 Å². The number of ether oxygens (including phenoxy) is 1. The Morgan fingerprint density at radius 1 is 1.50 bits per heavy atom. The Kier molecular flexibility index (Phi) is 2.37. The Morgan fingerprint density at radius 3 is 2.75 bits per heavy atom. The number of hydrogen-bond donors (Lipinski definition) is 1. The maximum Gasteiger partial charge on any atom is 0.0538 e. The Labute approximate surface area is 74.7 Å². The quantitative estimate of drug-likeness (QED) is 0.689. The van der Waals surface area contributed by atoms with Gasteiger partial charge in [-0.1, -0.05) is 6.42 Å². The molecule has 0 bridgehead atoms. The molecular formula is C10H19NO. The lowest BCUT2D eigenvalue weighted by Crippen LogP contribution is -2.42. The molecule has 0 amide bonds. The van der Waals surface area contributed by atoms with Crippen LogP contribution in [0.2, 0.25) is 0 Å². The summed E-state index contributed by atoms with van der Waals surface area (Å²) in [6.07, 6.45) is 5.59. The number of rotatable bonds is 3. The molecule has 70 valence electrons. The molecule has 12 heavy (non-hydrogen) atoms. The van der Waals surface area contributed by atoms with Crippen LogP contribution in [-0.2, 0) is 4.74 Å². The smallest absolute Gasteiger partial charge is 0.0538 e. The van der Waals surface area contributed by atoms with Crippen LogP contribution in [0.15, 0.2) is 0 Å². The van der Waals surface area contributed by atoms with Gasteiger partial charge in [0, 0.05) is 18.6 Å². The summed E-state index contributed by atoms with van der Waals surface area (Å²) >= 11 is 0. The van der Waals surface area contributed by atoms with E-state index in [1.54, 1.807) is 0 Å². The van der Waals surface area contributed by atoms with Gasteiger partial charge in [0.25, 0.3) is 0 Å². The van der Waals surface area contributed by atoms with Crippen LogP contribution >= 0.6 is 0 Å². The van der Waals surface area contributed by atoms with E-state index in [-0.39, 0.29) is 0 Å². The molecule has 1 saturated carbocycles. The highest BCUT2D eigenvalue weighted by Gasteiger charge is 2.43. The lowest BCUT2D eigenvalue weighted by Gasteiger charge is -2.41. The van der Waals surface area contributed by atoms with Crippen molar-refractivity contribution in [1.29, 1.82) is 0 Å². The normalized spacial score (nSPS) is 36.8. The van der Waals surface area contributed by atoms with Gasteiger partial charge in [-0.2, -0.15) is 0 Å². The summed E-state index contributed by atoms with van der Waals surface area (Å²) in [6, 6.07) is 0. The lowest BCUT2D eigenvalue weighted by atomic mass is 9.65. The van der Waals surface area contributed by atoms with Crippen LogP contribution in [0, 0.1) is 11.3 Å². The summed E-state index contributed by atoms with van der Waals surface area (Å²) in [7, 11) is 2.05. The minimum Gasteiger partial charge on any atom is -0.381 e. The van der Waals surface area contributed by atoms with Crippen LogP contribution in [0.4, 0.5) is 0 Å². The molecule has 2 rings (SSSR count). The van der Waals surface area contributed by atoms with E-state index in [0.717, 1.165) is 25.7 Å². The largest absolute Gasteiger partial charge is 0.381 e. The van der Waals surface area contributed by atoms with Crippen molar-refractivity contribution in [3.05, 3.63) is 0 Å². The molecule has 2 fully saturated rings. The molecule has 0 aromatic rings. The van der Waals surface area contributed by atoms with Gasteiger partial charge >= 0.3 is 0 Å². The van der Waals surface area contributed by atoms with Crippen LogP contribution in [0.3, 0.4) is 0 Å². The van der Waals surface area contributed by atoms with Gasteiger partial charge in [0.1, 0.15) is 0 Å². The van der Waals surface area contributed by atoms with Gasteiger partial charge in [-0.05, 0) is 32.2 Å². The molecule has 0 spiro atoms.